The van der Waals surface area contributed by atoms with E-state index in [1.54, 1.807) is 18.2 Å². The van der Waals surface area contributed by atoms with E-state index in [2.05, 4.69) is 24.3 Å². The molecule has 19 heavy (non-hydrogen) atoms. The summed E-state index contributed by atoms with van der Waals surface area (Å²) < 4.78 is 26.3. The average molecular weight is 301 g/mol. The number of benzene rings is 1. The zero-order valence-corrected chi connectivity index (χ0v) is 13.1. The van der Waals surface area contributed by atoms with Crippen molar-refractivity contribution in [2.45, 2.75) is 50.3 Å². The maximum absolute atomic E-state index is 11.9. The molecule has 0 saturated carbocycles. The molecule has 0 fully saturated rings. The SMILES string of the molecule is CCCCCCCCS(=O)(=O)Nc1cccc(S)c1. The van der Waals surface area contributed by atoms with Gasteiger partial charge < -0.3 is 0 Å². The fourth-order valence-electron chi connectivity index (χ4n) is 1.87. The second-order valence-electron chi connectivity index (χ2n) is 4.74. The summed E-state index contributed by atoms with van der Waals surface area (Å²) in [6, 6.07) is 7.04. The Morgan fingerprint density at radius 1 is 1.11 bits per heavy atom. The van der Waals surface area contributed by atoms with E-state index in [4.69, 9.17) is 0 Å². The van der Waals surface area contributed by atoms with Crippen molar-refractivity contribution >= 4 is 28.3 Å². The number of anilines is 1. The van der Waals surface area contributed by atoms with Gasteiger partial charge in [0.05, 0.1) is 5.75 Å². The molecular formula is C14H23NO2S2. The fraction of sp³-hybridized carbons (Fsp3) is 0.571. The highest BCUT2D eigenvalue weighted by Crippen LogP contribution is 2.15. The summed E-state index contributed by atoms with van der Waals surface area (Å²) in [5, 5.41) is 0. The molecule has 5 heteroatoms. The van der Waals surface area contributed by atoms with Gasteiger partial charge in [-0.2, -0.15) is 0 Å². The molecule has 108 valence electrons. The van der Waals surface area contributed by atoms with Crippen LogP contribution in [-0.4, -0.2) is 14.2 Å². The number of unbranched alkanes of at least 4 members (excludes halogenated alkanes) is 5. The van der Waals surface area contributed by atoms with Gasteiger partial charge in [-0.15, -0.1) is 12.6 Å². The van der Waals surface area contributed by atoms with Crippen LogP contribution in [0.5, 0.6) is 0 Å². The van der Waals surface area contributed by atoms with E-state index in [9.17, 15) is 8.42 Å². The van der Waals surface area contributed by atoms with Gasteiger partial charge in [0, 0.05) is 10.6 Å². The first kappa shape index (κ1) is 16.4. The number of sulfonamides is 1. The van der Waals surface area contributed by atoms with E-state index in [0.29, 0.717) is 5.69 Å². The molecule has 0 bridgehead atoms. The first-order valence-corrected chi connectivity index (χ1v) is 8.93. The molecular weight excluding hydrogens is 278 g/mol. The monoisotopic (exact) mass is 301 g/mol. The van der Waals surface area contributed by atoms with Gasteiger partial charge in [0.15, 0.2) is 0 Å². The second-order valence-corrected chi connectivity index (χ2v) is 7.10. The zero-order valence-electron chi connectivity index (χ0n) is 11.4. The third-order valence-electron chi connectivity index (χ3n) is 2.89. The minimum atomic E-state index is -3.23. The van der Waals surface area contributed by atoms with Gasteiger partial charge in [-0.25, -0.2) is 8.42 Å². The molecule has 0 unspecified atom stereocenters. The molecule has 0 saturated heterocycles. The Balaban J connectivity index is 2.32. The summed E-state index contributed by atoms with van der Waals surface area (Å²) in [5.74, 6) is 0.190. The van der Waals surface area contributed by atoms with Crippen molar-refractivity contribution in [2.24, 2.45) is 0 Å². The predicted molar refractivity (Wildman–Crippen MR) is 84.5 cm³/mol. The smallest absolute Gasteiger partial charge is 0.232 e. The molecule has 0 aromatic heterocycles. The summed E-state index contributed by atoms with van der Waals surface area (Å²) in [7, 11) is -3.23. The Kier molecular flexibility index (Phi) is 7.31. The van der Waals surface area contributed by atoms with Crippen molar-refractivity contribution in [3.05, 3.63) is 24.3 Å². The van der Waals surface area contributed by atoms with Crippen molar-refractivity contribution in [3.63, 3.8) is 0 Å². The highest BCUT2D eigenvalue weighted by molar-refractivity contribution is 7.92. The number of hydrogen-bond donors (Lipinski definition) is 2. The van der Waals surface area contributed by atoms with E-state index < -0.39 is 10.0 Å². The van der Waals surface area contributed by atoms with Crippen LogP contribution in [0.15, 0.2) is 29.2 Å². The molecule has 3 nitrogen and oxygen atoms in total. The maximum atomic E-state index is 11.9. The third kappa shape index (κ3) is 7.47. The van der Waals surface area contributed by atoms with Crippen LogP contribution >= 0.6 is 12.6 Å². The van der Waals surface area contributed by atoms with Gasteiger partial charge in [0.25, 0.3) is 0 Å². The molecule has 1 N–H and O–H groups in total. The summed E-state index contributed by atoms with van der Waals surface area (Å²) in [4.78, 5) is 0.750. The lowest BCUT2D eigenvalue weighted by atomic mass is 10.1. The first-order chi connectivity index (χ1) is 9.03. The minimum absolute atomic E-state index is 0.190. The molecule has 1 aromatic carbocycles. The Hall–Kier alpha value is -0.680. The van der Waals surface area contributed by atoms with Gasteiger partial charge >= 0.3 is 0 Å². The summed E-state index contributed by atoms with van der Waals surface area (Å²) in [6.45, 7) is 2.17. The van der Waals surface area contributed by atoms with Crippen molar-refractivity contribution < 1.29 is 8.42 Å². The Morgan fingerprint density at radius 3 is 2.47 bits per heavy atom. The van der Waals surface area contributed by atoms with Crippen LogP contribution in [0.25, 0.3) is 0 Å². The molecule has 0 amide bonds. The van der Waals surface area contributed by atoms with Crippen LogP contribution in [0, 0.1) is 0 Å². The molecule has 0 aliphatic carbocycles. The van der Waals surface area contributed by atoms with Gasteiger partial charge in [0.1, 0.15) is 0 Å². The van der Waals surface area contributed by atoms with Crippen molar-refractivity contribution in [3.8, 4) is 0 Å². The lowest BCUT2D eigenvalue weighted by Crippen LogP contribution is -2.16. The first-order valence-electron chi connectivity index (χ1n) is 6.83. The summed E-state index contributed by atoms with van der Waals surface area (Å²) in [5.41, 5.74) is 0.582. The molecule has 0 aliphatic heterocycles. The number of nitrogens with one attached hydrogen (secondary N) is 1. The van der Waals surface area contributed by atoms with Gasteiger partial charge in [-0.05, 0) is 24.6 Å². The Bertz CT molecular complexity index is 472. The van der Waals surface area contributed by atoms with E-state index >= 15 is 0 Å². The Labute approximate surface area is 122 Å². The van der Waals surface area contributed by atoms with E-state index in [0.717, 1.165) is 24.2 Å². The van der Waals surface area contributed by atoms with Crippen LogP contribution < -0.4 is 4.72 Å². The van der Waals surface area contributed by atoms with Gasteiger partial charge in [0.2, 0.25) is 10.0 Å². The quantitative estimate of drug-likeness (QED) is 0.533. The van der Waals surface area contributed by atoms with E-state index in [1.807, 2.05) is 6.07 Å². The summed E-state index contributed by atoms with van der Waals surface area (Å²) >= 11 is 4.19. The second kappa shape index (κ2) is 8.48. The zero-order chi connectivity index (χ0) is 14.1. The molecule has 1 aromatic rings. The van der Waals surface area contributed by atoms with Crippen molar-refractivity contribution in [2.75, 3.05) is 10.5 Å². The van der Waals surface area contributed by atoms with Crippen LogP contribution in [0.2, 0.25) is 0 Å². The highest BCUT2D eigenvalue weighted by atomic mass is 32.2. The number of rotatable bonds is 9. The van der Waals surface area contributed by atoms with Crippen molar-refractivity contribution in [1.82, 2.24) is 0 Å². The van der Waals surface area contributed by atoms with Crippen LogP contribution in [0.1, 0.15) is 45.4 Å². The predicted octanol–water partition coefficient (Wildman–Crippen LogP) is 4.08. The highest BCUT2D eigenvalue weighted by Gasteiger charge is 2.09. The third-order valence-corrected chi connectivity index (χ3v) is 4.54. The van der Waals surface area contributed by atoms with Crippen LogP contribution in [0.4, 0.5) is 5.69 Å². The number of hydrogen-bond acceptors (Lipinski definition) is 3. The van der Waals surface area contributed by atoms with Gasteiger partial charge in [-0.3, -0.25) is 4.72 Å². The molecule has 0 atom stereocenters. The largest absolute Gasteiger partial charge is 0.284 e. The minimum Gasteiger partial charge on any atom is -0.284 e. The topological polar surface area (TPSA) is 46.2 Å². The molecule has 1 rings (SSSR count). The molecule has 0 spiro atoms. The Morgan fingerprint density at radius 2 is 1.79 bits per heavy atom. The molecule has 0 heterocycles. The van der Waals surface area contributed by atoms with E-state index in [1.165, 1.54) is 19.3 Å². The van der Waals surface area contributed by atoms with Crippen LogP contribution in [-0.2, 0) is 10.0 Å². The average Bonchev–Trinajstić information content (AvgIpc) is 2.33. The molecule has 0 radical (unpaired) electrons. The van der Waals surface area contributed by atoms with E-state index in [-0.39, 0.29) is 5.75 Å². The standard InChI is InChI=1S/C14H23NO2S2/c1-2-3-4-5-6-7-11-19(16,17)15-13-9-8-10-14(18)12-13/h8-10,12,15,18H,2-7,11H2,1H3. The lowest BCUT2D eigenvalue weighted by Gasteiger charge is -2.08. The lowest BCUT2D eigenvalue weighted by molar-refractivity contribution is 0.588. The van der Waals surface area contributed by atoms with Crippen molar-refractivity contribution in [1.29, 1.82) is 0 Å². The van der Waals surface area contributed by atoms with Crippen LogP contribution in [0.3, 0.4) is 0 Å². The molecule has 0 aliphatic rings. The summed E-state index contributed by atoms with van der Waals surface area (Å²) in [6.07, 6.45) is 6.47. The fourth-order valence-corrected chi connectivity index (χ4v) is 3.27. The maximum Gasteiger partial charge on any atom is 0.232 e. The normalized spacial score (nSPS) is 11.5. The number of thiol groups is 1. The van der Waals surface area contributed by atoms with Gasteiger partial charge in [-0.1, -0.05) is 45.1 Å².